The maximum absolute atomic E-state index is 9.16. The fourth-order valence-corrected chi connectivity index (χ4v) is 2.55. The Hall–Kier alpha value is -1.17. The van der Waals surface area contributed by atoms with Gasteiger partial charge in [-0.2, -0.15) is 5.26 Å². The number of aromatic nitrogens is 1. The number of nitrogens with zero attached hydrogens (tertiary/aromatic N) is 2. The molecule has 0 aliphatic rings. The molecular formula is C13H12Cl2N2. The van der Waals surface area contributed by atoms with Crippen molar-refractivity contribution in [3.63, 3.8) is 0 Å². The molecule has 0 fully saturated rings. The second-order valence-corrected chi connectivity index (χ2v) is 5.18. The summed E-state index contributed by atoms with van der Waals surface area (Å²) in [5.74, 6) is 0.436. The lowest BCUT2D eigenvalue weighted by Crippen LogP contribution is -2.04. The highest BCUT2D eigenvalue weighted by molar-refractivity contribution is 6.37. The monoisotopic (exact) mass is 266 g/mol. The van der Waals surface area contributed by atoms with E-state index in [0.29, 0.717) is 21.7 Å². The van der Waals surface area contributed by atoms with Crippen molar-refractivity contribution in [1.29, 1.82) is 5.26 Å². The van der Waals surface area contributed by atoms with Crippen LogP contribution in [0.2, 0.25) is 10.2 Å². The Kier molecular flexibility index (Phi) is 3.33. The molecule has 2 rings (SSSR count). The Bertz CT molecular complexity index is 606. The molecule has 0 spiro atoms. The van der Waals surface area contributed by atoms with Crippen molar-refractivity contribution in [1.82, 2.24) is 4.57 Å². The van der Waals surface area contributed by atoms with E-state index >= 15 is 0 Å². The number of fused-ring (bicyclic) bond motifs is 1. The standard InChI is InChI=1S/C13H12Cl2N2/c1-8(2)7-17-12-9(4-3-5-11(12)14)10(6-16)13(17)15/h3-5,8H,7H2,1-2H3. The summed E-state index contributed by atoms with van der Waals surface area (Å²) in [5, 5.41) is 11.1. The predicted molar refractivity (Wildman–Crippen MR) is 71.5 cm³/mol. The van der Waals surface area contributed by atoms with Crippen LogP contribution < -0.4 is 0 Å². The van der Waals surface area contributed by atoms with E-state index in [-0.39, 0.29) is 0 Å². The van der Waals surface area contributed by atoms with Gasteiger partial charge in [0.05, 0.1) is 16.1 Å². The van der Waals surface area contributed by atoms with Crippen LogP contribution in [0.5, 0.6) is 0 Å². The van der Waals surface area contributed by atoms with Crippen molar-refractivity contribution in [3.8, 4) is 6.07 Å². The Morgan fingerprint density at radius 3 is 2.65 bits per heavy atom. The van der Waals surface area contributed by atoms with Crippen LogP contribution in [0, 0.1) is 17.2 Å². The third-order valence-electron chi connectivity index (χ3n) is 2.63. The predicted octanol–water partition coefficient (Wildman–Crippen LogP) is 4.48. The molecule has 0 atom stereocenters. The average molecular weight is 267 g/mol. The summed E-state index contributed by atoms with van der Waals surface area (Å²) < 4.78 is 1.92. The van der Waals surface area contributed by atoms with Gasteiger partial charge in [0, 0.05) is 11.9 Å². The van der Waals surface area contributed by atoms with Crippen molar-refractivity contribution < 1.29 is 0 Å². The van der Waals surface area contributed by atoms with Gasteiger partial charge in [-0.3, -0.25) is 0 Å². The number of para-hydroxylation sites is 1. The molecule has 1 heterocycles. The average Bonchev–Trinajstić information content (AvgIpc) is 2.52. The van der Waals surface area contributed by atoms with Crippen LogP contribution in [0.25, 0.3) is 10.9 Å². The number of hydrogen-bond acceptors (Lipinski definition) is 1. The zero-order chi connectivity index (χ0) is 12.6. The van der Waals surface area contributed by atoms with Crippen molar-refractivity contribution >= 4 is 34.1 Å². The lowest BCUT2D eigenvalue weighted by molar-refractivity contribution is 0.535. The van der Waals surface area contributed by atoms with Crippen molar-refractivity contribution in [2.24, 2.45) is 5.92 Å². The quantitative estimate of drug-likeness (QED) is 0.788. The van der Waals surface area contributed by atoms with E-state index in [2.05, 4.69) is 19.9 Å². The molecule has 0 unspecified atom stereocenters. The first-order chi connectivity index (χ1) is 8.06. The number of rotatable bonds is 2. The first-order valence-corrected chi connectivity index (χ1v) is 6.18. The Labute approximate surface area is 110 Å². The highest BCUT2D eigenvalue weighted by atomic mass is 35.5. The number of halogens is 2. The van der Waals surface area contributed by atoms with Crippen LogP contribution in [0.3, 0.4) is 0 Å². The summed E-state index contributed by atoms with van der Waals surface area (Å²) in [6.45, 7) is 4.96. The topological polar surface area (TPSA) is 28.7 Å². The fraction of sp³-hybridized carbons (Fsp3) is 0.308. The van der Waals surface area contributed by atoms with Gasteiger partial charge < -0.3 is 4.57 Å². The molecule has 4 heteroatoms. The maximum atomic E-state index is 9.16. The first kappa shape index (κ1) is 12.3. The van der Waals surface area contributed by atoms with Crippen LogP contribution >= 0.6 is 23.2 Å². The van der Waals surface area contributed by atoms with Crippen LogP contribution in [-0.4, -0.2) is 4.57 Å². The van der Waals surface area contributed by atoms with Crippen LogP contribution in [0.15, 0.2) is 18.2 Å². The maximum Gasteiger partial charge on any atom is 0.128 e. The van der Waals surface area contributed by atoms with Gasteiger partial charge in [-0.05, 0) is 12.0 Å². The molecule has 0 radical (unpaired) electrons. The Morgan fingerprint density at radius 1 is 1.35 bits per heavy atom. The second-order valence-electron chi connectivity index (χ2n) is 4.42. The van der Waals surface area contributed by atoms with Gasteiger partial charge in [0.15, 0.2) is 0 Å². The van der Waals surface area contributed by atoms with Gasteiger partial charge in [0.25, 0.3) is 0 Å². The molecule has 1 aromatic heterocycles. The van der Waals surface area contributed by atoms with E-state index in [1.54, 1.807) is 0 Å². The SMILES string of the molecule is CC(C)Cn1c(Cl)c(C#N)c2cccc(Cl)c21. The molecule has 1 aromatic carbocycles. The molecule has 0 N–H and O–H groups in total. The molecule has 0 bridgehead atoms. The first-order valence-electron chi connectivity index (χ1n) is 5.42. The fourth-order valence-electron chi connectivity index (χ4n) is 1.98. The molecule has 2 nitrogen and oxygen atoms in total. The summed E-state index contributed by atoms with van der Waals surface area (Å²) in [6, 6.07) is 7.68. The molecule has 0 aliphatic carbocycles. The van der Waals surface area contributed by atoms with Crippen molar-refractivity contribution in [2.45, 2.75) is 20.4 Å². The second kappa shape index (κ2) is 4.60. The Morgan fingerprint density at radius 2 is 2.06 bits per heavy atom. The zero-order valence-electron chi connectivity index (χ0n) is 9.67. The molecule has 88 valence electrons. The molecule has 2 aromatic rings. The van der Waals surface area contributed by atoms with Gasteiger partial charge in [0.1, 0.15) is 11.2 Å². The van der Waals surface area contributed by atoms with Gasteiger partial charge in [-0.1, -0.05) is 49.2 Å². The molecule has 0 amide bonds. The van der Waals surface area contributed by atoms with Gasteiger partial charge >= 0.3 is 0 Å². The molecule has 0 aliphatic heterocycles. The summed E-state index contributed by atoms with van der Waals surface area (Å²) >= 11 is 12.4. The summed E-state index contributed by atoms with van der Waals surface area (Å²) in [6.07, 6.45) is 0. The third kappa shape index (κ3) is 2.01. The highest BCUT2D eigenvalue weighted by Crippen LogP contribution is 2.34. The zero-order valence-corrected chi connectivity index (χ0v) is 11.2. The number of benzene rings is 1. The number of nitriles is 1. The summed E-state index contributed by atoms with van der Waals surface area (Å²) in [5.41, 5.74) is 1.36. The number of hydrogen-bond donors (Lipinski definition) is 0. The van der Waals surface area contributed by atoms with Crippen LogP contribution in [0.4, 0.5) is 0 Å². The van der Waals surface area contributed by atoms with E-state index in [1.807, 2.05) is 22.8 Å². The van der Waals surface area contributed by atoms with Gasteiger partial charge in [0.2, 0.25) is 0 Å². The Balaban J connectivity index is 2.82. The smallest absolute Gasteiger partial charge is 0.128 e. The summed E-state index contributed by atoms with van der Waals surface area (Å²) in [7, 11) is 0. The minimum atomic E-state index is 0.436. The lowest BCUT2D eigenvalue weighted by atomic mass is 10.2. The molecule has 0 saturated heterocycles. The molecular weight excluding hydrogens is 255 g/mol. The van der Waals surface area contributed by atoms with Crippen LogP contribution in [0.1, 0.15) is 19.4 Å². The lowest BCUT2D eigenvalue weighted by Gasteiger charge is -2.10. The third-order valence-corrected chi connectivity index (χ3v) is 3.33. The minimum absolute atomic E-state index is 0.436. The van der Waals surface area contributed by atoms with Gasteiger partial charge in [-0.25, -0.2) is 0 Å². The van der Waals surface area contributed by atoms with Crippen molar-refractivity contribution in [3.05, 3.63) is 33.9 Å². The molecule has 17 heavy (non-hydrogen) atoms. The van der Waals surface area contributed by atoms with E-state index in [4.69, 9.17) is 28.5 Å². The van der Waals surface area contributed by atoms with E-state index in [1.165, 1.54) is 0 Å². The van der Waals surface area contributed by atoms with E-state index in [0.717, 1.165) is 17.4 Å². The van der Waals surface area contributed by atoms with E-state index in [9.17, 15) is 0 Å². The van der Waals surface area contributed by atoms with Gasteiger partial charge in [-0.15, -0.1) is 0 Å². The summed E-state index contributed by atoms with van der Waals surface area (Å²) in [4.78, 5) is 0. The largest absolute Gasteiger partial charge is 0.329 e. The normalized spacial score (nSPS) is 11.1. The minimum Gasteiger partial charge on any atom is -0.329 e. The van der Waals surface area contributed by atoms with E-state index < -0.39 is 0 Å². The van der Waals surface area contributed by atoms with Crippen LogP contribution in [-0.2, 0) is 6.54 Å². The van der Waals surface area contributed by atoms with Crippen molar-refractivity contribution in [2.75, 3.05) is 0 Å². The molecule has 0 saturated carbocycles. The highest BCUT2D eigenvalue weighted by Gasteiger charge is 2.17.